The van der Waals surface area contributed by atoms with E-state index in [9.17, 15) is 26.4 Å². The van der Waals surface area contributed by atoms with Crippen LogP contribution in [0.5, 0.6) is 5.75 Å². The minimum atomic E-state index is -4.77. The van der Waals surface area contributed by atoms with Crippen LogP contribution in [-0.2, 0) is 21.0 Å². The van der Waals surface area contributed by atoms with Crippen molar-refractivity contribution >= 4 is 44.8 Å². The monoisotopic (exact) mass is 484 g/mol. The molecule has 0 spiro atoms. The van der Waals surface area contributed by atoms with Crippen LogP contribution in [0.2, 0.25) is 10.0 Å². The van der Waals surface area contributed by atoms with Crippen LogP contribution >= 0.6 is 23.2 Å². The number of rotatable bonds is 7. The second-order valence-electron chi connectivity index (χ2n) is 6.04. The van der Waals surface area contributed by atoms with Crippen molar-refractivity contribution in [1.29, 1.82) is 0 Å². The maximum absolute atomic E-state index is 13.2. The van der Waals surface area contributed by atoms with Gasteiger partial charge in [-0.2, -0.15) is 17.9 Å². The minimum absolute atomic E-state index is 0.0130. The normalized spacial score (nSPS) is 13.0. The van der Waals surface area contributed by atoms with E-state index >= 15 is 0 Å². The van der Waals surface area contributed by atoms with Crippen LogP contribution in [0.4, 0.5) is 18.9 Å². The Labute approximate surface area is 181 Å². The lowest BCUT2D eigenvalue weighted by Gasteiger charge is -2.18. The summed E-state index contributed by atoms with van der Waals surface area (Å²) in [5.74, 6) is -0.995. The first-order valence-electron chi connectivity index (χ1n) is 8.47. The molecule has 0 saturated heterocycles. The molecule has 1 amide bonds. The number of sulfonamides is 1. The van der Waals surface area contributed by atoms with E-state index in [1.165, 1.54) is 25.1 Å². The first kappa shape index (κ1) is 24.3. The molecule has 164 valence electrons. The quantitative estimate of drug-likeness (QED) is 0.595. The van der Waals surface area contributed by atoms with Crippen LogP contribution in [-0.4, -0.2) is 27.0 Å². The fraction of sp³-hybridized carbons (Fsp3) is 0.278. The summed E-state index contributed by atoms with van der Waals surface area (Å²) in [6.07, 6.45) is -4.77. The molecule has 6 nitrogen and oxygen atoms in total. The number of hydrogen-bond donors (Lipinski definition) is 2. The van der Waals surface area contributed by atoms with Crippen LogP contribution in [0.3, 0.4) is 0 Å². The number of alkyl halides is 3. The van der Waals surface area contributed by atoms with Crippen LogP contribution in [0.1, 0.15) is 19.4 Å². The summed E-state index contributed by atoms with van der Waals surface area (Å²) in [5, 5.41) is 2.02. The molecule has 0 radical (unpaired) electrons. The zero-order valence-electron chi connectivity index (χ0n) is 15.7. The fourth-order valence-electron chi connectivity index (χ4n) is 2.42. The lowest BCUT2D eigenvalue weighted by Crippen LogP contribution is -2.41. The molecule has 12 heteroatoms. The number of hydrogen-bond acceptors (Lipinski definition) is 4. The van der Waals surface area contributed by atoms with Gasteiger partial charge in [0.2, 0.25) is 15.9 Å². The Balaban J connectivity index is 2.26. The summed E-state index contributed by atoms with van der Waals surface area (Å²) in [6.45, 7) is 3.01. The molecule has 0 aliphatic rings. The highest BCUT2D eigenvalue weighted by Gasteiger charge is 2.35. The molecule has 0 heterocycles. The van der Waals surface area contributed by atoms with E-state index < -0.39 is 39.4 Å². The molecule has 2 aromatic rings. The second-order valence-corrected chi connectivity index (χ2v) is 8.60. The van der Waals surface area contributed by atoms with Crippen LogP contribution < -0.4 is 14.8 Å². The maximum Gasteiger partial charge on any atom is 0.418 e. The van der Waals surface area contributed by atoms with Gasteiger partial charge < -0.3 is 10.1 Å². The Kier molecular flexibility index (Phi) is 7.62. The standard InChI is InChI=1S/C18H17Cl2F3N2O4S/c1-3-29-15-7-5-12(20)9-16(15)30(27,28)25-10(2)17(26)24-14-6-4-11(19)8-13(14)18(21,22)23/h4-10,25H,3H2,1-2H3,(H,24,26). The molecule has 1 unspecified atom stereocenters. The first-order valence-corrected chi connectivity index (χ1v) is 10.7. The molecule has 2 aromatic carbocycles. The summed E-state index contributed by atoms with van der Waals surface area (Å²) >= 11 is 11.5. The average molecular weight is 485 g/mol. The third kappa shape index (κ3) is 6.00. The van der Waals surface area contributed by atoms with Crippen molar-refractivity contribution in [3.05, 3.63) is 52.0 Å². The molecule has 1 atom stereocenters. The van der Waals surface area contributed by atoms with E-state index in [0.717, 1.165) is 12.1 Å². The Bertz CT molecular complexity index is 1050. The van der Waals surface area contributed by atoms with Gasteiger partial charge in [-0.1, -0.05) is 23.2 Å². The number of halogens is 5. The molecule has 0 fully saturated rings. The van der Waals surface area contributed by atoms with Gasteiger partial charge in [-0.15, -0.1) is 0 Å². The van der Waals surface area contributed by atoms with E-state index in [0.29, 0.717) is 6.07 Å². The predicted octanol–water partition coefficient (Wildman–Crippen LogP) is 4.72. The number of anilines is 1. The number of benzene rings is 2. The van der Waals surface area contributed by atoms with Gasteiger partial charge in [0.15, 0.2) is 0 Å². The molecular weight excluding hydrogens is 468 g/mol. The topological polar surface area (TPSA) is 84.5 Å². The van der Waals surface area contributed by atoms with Crippen molar-refractivity contribution in [3.8, 4) is 5.75 Å². The van der Waals surface area contributed by atoms with Gasteiger partial charge in [-0.25, -0.2) is 8.42 Å². The van der Waals surface area contributed by atoms with E-state index in [1.807, 2.05) is 0 Å². The summed E-state index contributed by atoms with van der Waals surface area (Å²) in [7, 11) is -4.28. The Morgan fingerprint density at radius 2 is 1.73 bits per heavy atom. The molecule has 0 aliphatic heterocycles. The number of carbonyl (C=O) groups is 1. The second kappa shape index (κ2) is 9.42. The first-order chi connectivity index (χ1) is 13.8. The molecule has 2 rings (SSSR count). The third-order valence-electron chi connectivity index (χ3n) is 3.77. The number of nitrogens with one attached hydrogen (secondary N) is 2. The number of carbonyl (C=O) groups excluding carboxylic acids is 1. The van der Waals surface area contributed by atoms with E-state index in [2.05, 4.69) is 10.0 Å². The van der Waals surface area contributed by atoms with Crippen molar-refractivity contribution < 1.29 is 31.1 Å². The highest BCUT2D eigenvalue weighted by Crippen LogP contribution is 2.36. The van der Waals surface area contributed by atoms with E-state index in [1.54, 1.807) is 6.92 Å². The van der Waals surface area contributed by atoms with Gasteiger partial charge in [0, 0.05) is 10.0 Å². The molecule has 30 heavy (non-hydrogen) atoms. The van der Waals surface area contributed by atoms with Crippen molar-refractivity contribution in [2.24, 2.45) is 0 Å². The van der Waals surface area contributed by atoms with Crippen molar-refractivity contribution in [1.82, 2.24) is 4.72 Å². The highest BCUT2D eigenvalue weighted by molar-refractivity contribution is 7.89. The van der Waals surface area contributed by atoms with Gasteiger partial charge in [-0.05, 0) is 50.2 Å². The third-order valence-corrected chi connectivity index (χ3v) is 5.80. The van der Waals surface area contributed by atoms with Crippen molar-refractivity contribution in [2.45, 2.75) is 31.0 Å². The number of ether oxygens (including phenoxy) is 1. The summed E-state index contributed by atoms with van der Waals surface area (Å²) in [5.41, 5.74) is -1.72. The molecule has 0 bridgehead atoms. The lowest BCUT2D eigenvalue weighted by molar-refractivity contribution is -0.137. The lowest BCUT2D eigenvalue weighted by atomic mass is 10.1. The molecule has 2 N–H and O–H groups in total. The van der Waals surface area contributed by atoms with E-state index in [-0.39, 0.29) is 27.3 Å². The number of amides is 1. The molecular formula is C18H17Cl2F3N2O4S. The Hall–Kier alpha value is -2.01. The smallest absolute Gasteiger partial charge is 0.418 e. The minimum Gasteiger partial charge on any atom is -0.492 e. The SMILES string of the molecule is CCOc1ccc(Cl)cc1S(=O)(=O)NC(C)C(=O)Nc1ccc(Cl)cc1C(F)(F)F. The Morgan fingerprint density at radius 3 is 2.33 bits per heavy atom. The van der Waals surface area contributed by atoms with Crippen molar-refractivity contribution in [2.75, 3.05) is 11.9 Å². The Morgan fingerprint density at radius 1 is 1.13 bits per heavy atom. The van der Waals surface area contributed by atoms with Gasteiger partial charge in [0.25, 0.3) is 0 Å². The van der Waals surface area contributed by atoms with Crippen LogP contribution in [0.25, 0.3) is 0 Å². The zero-order valence-corrected chi connectivity index (χ0v) is 18.0. The van der Waals surface area contributed by atoms with Crippen LogP contribution in [0, 0.1) is 0 Å². The van der Waals surface area contributed by atoms with E-state index in [4.69, 9.17) is 27.9 Å². The highest BCUT2D eigenvalue weighted by atomic mass is 35.5. The van der Waals surface area contributed by atoms with Crippen molar-refractivity contribution in [3.63, 3.8) is 0 Å². The maximum atomic E-state index is 13.2. The van der Waals surface area contributed by atoms with Crippen LogP contribution in [0.15, 0.2) is 41.3 Å². The predicted molar refractivity (Wildman–Crippen MR) is 107 cm³/mol. The summed E-state index contributed by atoms with van der Waals surface area (Å²) < 4.78 is 72.3. The summed E-state index contributed by atoms with van der Waals surface area (Å²) in [4.78, 5) is 12.1. The fourth-order valence-corrected chi connectivity index (χ4v) is 4.20. The van der Waals surface area contributed by atoms with Gasteiger partial charge in [-0.3, -0.25) is 4.79 Å². The molecule has 0 aliphatic carbocycles. The largest absolute Gasteiger partial charge is 0.492 e. The van der Waals surface area contributed by atoms with Gasteiger partial charge >= 0.3 is 6.18 Å². The average Bonchev–Trinajstić information content (AvgIpc) is 2.63. The molecule has 0 saturated carbocycles. The van der Waals surface area contributed by atoms with Gasteiger partial charge in [0.05, 0.1) is 23.9 Å². The zero-order chi connectivity index (χ0) is 22.7. The molecule has 0 aromatic heterocycles. The summed E-state index contributed by atoms with van der Waals surface area (Å²) in [6, 6.07) is 5.32. The van der Waals surface area contributed by atoms with Gasteiger partial charge in [0.1, 0.15) is 10.6 Å².